The van der Waals surface area contributed by atoms with Crippen LogP contribution in [-0.2, 0) is 0 Å². The molecule has 0 aliphatic heterocycles. The number of pyridine rings is 2. The summed E-state index contributed by atoms with van der Waals surface area (Å²) in [4.78, 5) is 8.67. The number of aromatic nitrogens is 2. The average Bonchev–Trinajstić information content (AvgIpc) is 3.11. The molecule has 0 N–H and O–H groups in total. The molecule has 0 fully saturated rings. The van der Waals surface area contributed by atoms with Gasteiger partial charge in [0.2, 0.25) is 5.71 Å². The molecule has 3 heterocycles. The molecule has 0 saturated carbocycles. The third kappa shape index (κ3) is 2.66. The summed E-state index contributed by atoms with van der Waals surface area (Å²) >= 11 is 0. The molecule has 5 rings (SSSR count). The molecule has 0 atom stereocenters. The first-order valence-corrected chi connectivity index (χ1v) is 8.45. The van der Waals surface area contributed by atoms with Crippen molar-refractivity contribution in [2.24, 2.45) is 0 Å². The molecule has 4 heteroatoms. The van der Waals surface area contributed by atoms with E-state index in [1.54, 1.807) is 18.3 Å². The number of rotatable bonds is 2. The van der Waals surface area contributed by atoms with Gasteiger partial charge >= 0.3 is 0 Å². The number of nitrogens with zero attached hydrogens (tertiary/aromatic N) is 2. The lowest BCUT2D eigenvalue weighted by Crippen LogP contribution is -1.86. The highest BCUT2D eigenvalue weighted by Crippen LogP contribution is 2.35. The first-order valence-electron chi connectivity index (χ1n) is 9.95. The van der Waals surface area contributed by atoms with Crippen LogP contribution in [0.25, 0.3) is 44.5 Å². The highest BCUT2D eigenvalue weighted by atomic mass is 19.1. The molecular weight excluding hydrogens is 339 g/mol. The lowest BCUT2D eigenvalue weighted by molar-refractivity contribution is 0.628. The van der Waals surface area contributed by atoms with Crippen LogP contribution < -0.4 is 0 Å². The van der Waals surface area contributed by atoms with Crippen LogP contribution in [-0.4, -0.2) is 9.97 Å². The number of hydrogen-bond donors (Lipinski definition) is 0. The Labute approximate surface area is 159 Å². The molecule has 0 saturated heterocycles. The average molecular weight is 357 g/mol. The standard InChI is InChI=1S/C23H15FN2O/c1-14-8-9-19-18-6-3-7-20(22(18)27-23(19)26-14)21-13-16(10-11-25-21)15-4-2-5-17(24)12-15/h2-13H,1H3/i1D3. The summed E-state index contributed by atoms with van der Waals surface area (Å²) < 4.78 is 42.3. The van der Waals surface area contributed by atoms with Gasteiger partial charge in [0, 0.05) is 32.3 Å². The first-order chi connectivity index (χ1) is 14.4. The van der Waals surface area contributed by atoms with Crippen molar-refractivity contribution in [3.05, 3.63) is 84.4 Å². The lowest BCUT2D eigenvalue weighted by atomic mass is 10.0. The summed E-state index contributed by atoms with van der Waals surface area (Å²) in [6, 6.07) is 19.0. The minimum Gasteiger partial charge on any atom is -0.437 e. The van der Waals surface area contributed by atoms with Gasteiger partial charge in [-0.25, -0.2) is 9.37 Å². The molecule has 0 unspecified atom stereocenters. The third-order valence-corrected chi connectivity index (χ3v) is 4.56. The van der Waals surface area contributed by atoms with Crippen molar-refractivity contribution in [3.63, 3.8) is 0 Å². The van der Waals surface area contributed by atoms with Crippen molar-refractivity contribution < 1.29 is 12.9 Å². The Morgan fingerprint density at radius 1 is 0.926 bits per heavy atom. The Kier molecular flexibility index (Phi) is 2.85. The van der Waals surface area contributed by atoms with Gasteiger partial charge in [0.15, 0.2) is 0 Å². The zero-order valence-electron chi connectivity index (χ0n) is 17.1. The predicted molar refractivity (Wildman–Crippen MR) is 105 cm³/mol. The quantitative estimate of drug-likeness (QED) is 0.380. The molecule has 0 bridgehead atoms. The van der Waals surface area contributed by atoms with Gasteiger partial charge in [0.1, 0.15) is 11.4 Å². The third-order valence-electron chi connectivity index (χ3n) is 4.56. The van der Waals surface area contributed by atoms with E-state index in [-0.39, 0.29) is 17.2 Å². The molecule has 0 spiro atoms. The van der Waals surface area contributed by atoms with Crippen LogP contribution in [0.4, 0.5) is 4.39 Å². The van der Waals surface area contributed by atoms with Gasteiger partial charge in [-0.1, -0.05) is 24.3 Å². The molecule has 5 aromatic rings. The predicted octanol–water partition coefficient (Wildman–Crippen LogP) is 6.16. The van der Waals surface area contributed by atoms with Crippen molar-refractivity contribution in [2.45, 2.75) is 6.85 Å². The van der Waals surface area contributed by atoms with Gasteiger partial charge in [-0.3, -0.25) is 4.98 Å². The largest absolute Gasteiger partial charge is 0.437 e. The molecule has 0 amide bonds. The molecule has 3 aromatic heterocycles. The van der Waals surface area contributed by atoms with Crippen molar-refractivity contribution in [2.75, 3.05) is 0 Å². The van der Waals surface area contributed by atoms with E-state index in [2.05, 4.69) is 9.97 Å². The molecule has 2 aromatic carbocycles. The summed E-state index contributed by atoms with van der Waals surface area (Å²) in [5.74, 6) is -0.304. The van der Waals surface area contributed by atoms with E-state index in [0.717, 1.165) is 27.5 Å². The zero-order valence-corrected chi connectivity index (χ0v) is 14.1. The smallest absolute Gasteiger partial charge is 0.227 e. The van der Waals surface area contributed by atoms with Crippen molar-refractivity contribution in [3.8, 4) is 22.4 Å². The van der Waals surface area contributed by atoms with E-state index in [1.165, 1.54) is 18.2 Å². The minimum absolute atomic E-state index is 0.0122. The monoisotopic (exact) mass is 357 g/mol. The maximum Gasteiger partial charge on any atom is 0.227 e. The molecular formula is C23H15FN2O. The fraction of sp³-hybridized carbons (Fsp3) is 0.0435. The van der Waals surface area contributed by atoms with Crippen molar-refractivity contribution >= 4 is 22.1 Å². The van der Waals surface area contributed by atoms with Crippen LogP contribution in [0, 0.1) is 12.7 Å². The van der Waals surface area contributed by atoms with Gasteiger partial charge < -0.3 is 4.42 Å². The topological polar surface area (TPSA) is 38.9 Å². The molecule has 0 radical (unpaired) electrons. The van der Waals surface area contributed by atoms with Crippen LogP contribution in [0.15, 0.2) is 77.3 Å². The molecule has 130 valence electrons. The van der Waals surface area contributed by atoms with Crippen molar-refractivity contribution in [1.82, 2.24) is 9.97 Å². The number of aryl methyl sites for hydroxylation is 1. The van der Waals surface area contributed by atoms with E-state index in [1.807, 2.05) is 36.4 Å². The maximum atomic E-state index is 13.6. The van der Waals surface area contributed by atoms with Gasteiger partial charge in [-0.2, -0.15) is 0 Å². The fourth-order valence-electron chi connectivity index (χ4n) is 3.31. The van der Waals surface area contributed by atoms with Gasteiger partial charge in [-0.05, 0) is 60.4 Å². The minimum atomic E-state index is -2.31. The van der Waals surface area contributed by atoms with Gasteiger partial charge in [0.05, 0.1) is 5.69 Å². The van der Waals surface area contributed by atoms with E-state index >= 15 is 0 Å². The number of halogens is 1. The van der Waals surface area contributed by atoms with Crippen LogP contribution in [0.3, 0.4) is 0 Å². The van der Waals surface area contributed by atoms with E-state index in [4.69, 9.17) is 8.53 Å². The van der Waals surface area contributed by atoms with Gasteiger partial charge in [-0.15, -0.1) is 0 Å². The van der Waals surface area contributed by atoms with Crippen LogP contribution >= 0.6 is 0 Å². The Morgan fingerprint density at radius 3 is 2.70 bits per heavy atom. The van der Waals surface area contributed by atoms with Crippen LogP contribution in [0.1, 0.15) is 9.81 Å². The highest BCUT2D eigenvalue weighted by molar-refractivity contribution is 6.08. The second kappa shape index (κ2) is 6.02. The normalized spacial score (nSPS) is 13.4. The second-order valence-corrected chi connectivity index (χ2v) is 6.27. The molecule has 0 aliphatic rings. The SMILES string of the molecule is [2H]C([2H])([2H])c1ccc2c(n1)oc1c(-c3cc(-c4cccc(F)c4)ccn3)cccc12. The van der Waals surface area contributed by atoms with Crippen molar-refractivity contribution in [1.29, 1.82) is 0 Å². The number of para-hydroxylation sites is 1. The second-order valence-electron chi connectivity index (χ2n) is 6.27. The number of fused-ring (bicyclic) bond motifs is 3. The Hall–Kier alpha value is -3.53. The maximum absolute atomic E-state index is 13.6. The molecule has 27 heavy (non-hydrogen) atoms. The Morgan fingerprint density at radius 2 is 1.81 bits per heavy atom. The first kappa shape index (κ1) is 12.8. The van der Waals surface area contributed by atoms with E-state index < -0.39 is 6.85 Å². The molecule has 0 aliphatic carbocycles. The number of benzene rings is 2. The van der Waals surface area contributed by atoms with Gasteiger partial charge in [0.25, 0.3) is 0 Å². The zero-order chi connectivity index (χ0) is 20.9. The van der Waals surface area contributed by atoms with Crippen LogP contribution in [0.2, 0.25) is 0 Å². The fourth-order valence-corrected chi connectivity index (χ4v) is 3.31. The Bertz CT molecular complexity index is 1410. The molecule has 3 nitrogen and oxygen atoms in total. The summed E-state index contributed by atoms with van der Waals surface area (Å²) in [6.45, 7) is -2.31. The summed E-state index contributed by atoms with van der Waals surface area (Å²) in [5.41, 5.74) is 3.83. The summed E-state index contributed by atoms with van der Waals surface area (Å²) in [6.07, 6.45) is 1.67. The van der Waals surface area contributed by atoms with E-state index in [0.29, 0.717) is 11.3 Å². The lowest BCUT2D eigenvalue weighted by Gasteiger charge is -2.06. The Balaban J connectivity index is 1.69. The highest BCUT2D eigenvalue weighted by Gasteiger charge is 2.14. The number of furan rings is 1. The summed E-state index contributed by atoms with van der Waals surface area (Å²) in [7, 11) is 0. The van der Waals surface area contributed by atoms with E-state index in [9.17, 15) is 4.39 Å². The summed E-state index contributed by atoms with van der Waals surface area (Å²) in [5, 5.41) is 1.56. The van der Waals surface area contributed by atoms with Crippen LogP contribution in [0.5, 0.6) is 0 Å². The number of hydrogen-bond acceptors (Lipinski definition) is 3.